The van der Waals surface area contributed by atoms with Crippen molar-refractivity contribution in [3.8, 4) is 5.75 Å². The molecule has 0 spiro atoms. The monoisotopic (exact) mass is 456 g/mol. The Bertz CT molecular complexity index is 1140. The fourth-order valence-electron chi connectivity index (χ4n) is 3.42. The van der Waals surface area contributed by atoms with Crippen LogP contribution >= 0.6 is 23.4 Å². The Labute approximate surface area is 189 Å². The first-order chi connectivity index (χ1) is 15.0. The molecule has 1 N–H and O–H groups in total. The van der Waals surface area contributed by atoms with E-state index >= 15 is 0 Å². The lowest BCUT2D eigenvalue weighted by molar-refractivity contribution is -0.136. The average molecular weight is 457 g/mol. The third-order valence-electron chi connectivity index (χ3n) is 4.98. The number of nitrogens with zero attached hydrogens (tertiary/aromatic N) is 3. The molecule has 9 heteroatoms. The van der Waals surface area contributed by atoms with E-state index in [0.717, 1.165) is 16.9 Å². The highest BCUT2D eigenvalue weighted by molar-refractivity contribution is 7.98. The van der Waals surface area contributed by atoms with Crippen molar-refractivity contribution >= 4 is 35.3 Å². The average Bonchev–Trinajstić information content (AvgIpc) is 3.19. The van der Waals surface area contributed by atoms with Crippen LogP contribution in [0.3, 0.4) is 0 Å². The second-order valence-electron chi connectivity index (χ2n) is 6.87. The summed E-state index contributed by atoms with van der Waals surface area (Å²) >= 11 is 7.75. The molecule has 0 radical (unpaired) electrons. The molecule has 1 aromatic heterocycles. The van der Waals surface area contributed by atoms with Crippen LogP contribution in [-0.4, -0.2) is 35.0 Å². The molecule has 2 aromatic carbocycles. The van der Waals surface area contributed by atoms with Crippen molar-refractivity contribution < 1.29 is 14.3 Å². The number of anilines is 1. The van der Waals surface area contributed by atoms with Crippen molar-refractivity contribution in [2.24, 2.45) is 0 Å². The van der Waals surface area contributed by atoms with Gasteiger partial charge in [0.25, 0.3) is 0 Å². The van der Waals surface area contributed by atoms with Gasteiger partial charge < -0.3 is 14.8 Å². The van der Waals surface area contributed by atoms with Crippen molar-refractivity contribution in [1.29, 1.82) is 0 Å². The molecular formula is C22H21ClN4O3S. The number of hydrogen-bond acceptors (Lipinski definition) is 7. The minimum atomic E-state index is -0.475. The van der Waals surface area contributed by atoms with Crippen LogP contribution in [0.4, 0.5) is 5.95 Å². The van der Waals surface area contributed by atoms with Crippen LogP contribution in [0.2, 0.25) is 5.02 Å². The first-order valence-corrected chi connectivity index (χ1v) is 10.9. The molecule has 7 nitrogen and oxygen atoms in total. The van der Waals surface area contributed by atoms with Crippen molar-refractivity contribution in [2.75, 3.05) is 19.5 Å². The molecule has 0 bridgehead atoms. The van der Waals surface area contributed by atoms with Crippen molar-refractivity contribution in [2.45, 2.75) is 23.9 Å². The molecule has 2 heterocycles. The summed E-state index contributed by atoms with van der Waals surface area (Å²) < 4.78 is 12.0. The van der Waals surface area contributed by atoms with Gasteiger partial charge in [0.15, 0.2) is 0 Å². The van der Waals surface area contributed by atoms with Gasteiger partial charge in [0.2, 0.25) is 11.1 Å². The van der Waals surface area contributed by atoms with Gasteiger partial charge >= 0.3 is 5.97 Å². The largest absolute Gasteiger partial charge is 0.497 e. The molecule has 1 unspecified atom stereocenters. The molecule has 160 valence electrons. The van der Waals surface area contributed by atoms with Gasteiger partial charge in [-0.25, -0.2) is 9.48 Å². The molecule has 1 atom stereocenters. The number of allylic oxidation sites excluding steroid dienone is 1. The van der Waals surface area contributed by atoms with Crippen molar-refractivity contribution in [3.63, 3.8) is 0 Å². The van der Waals surface area contributed by atoms with Crippen LogP contribution in [-0.2, 0) is 15.3 Å². The Morgan fingerprint density at radius 1 is 1.19 bits per heavy atom. The van der Waals surface area contributed by atoms with Crippen molar-refractivity contribution in [3.05, 3.63) is 76.0 Å². The van der Waals surface area contributed by atoms with Gasteiger partial charge in [-0.1, -0.05) is 53.7 Å². The Morgan fingerprint density at radius 2 is 1.94 bits per heavy atom. The smallest absolute Gasteiger partial charge is 0.338 e. The van der Waals surface area contributed by atoms with Gasteiger partial charge in [-0.05, 0) is 36.2 Å². The molecule has 0 fully saturated rings. The summed E-state index contributed by atoms with van der Waals surface area (Å²) in [7, 11) is 2.98. The quantitative estimate of drug-likeness (QED) is 0.425. The summed E-state index contributed by atoms with van der Waals surface area (Å²) in [5.74, 6) is 1.50. The maximum atomic E-state index is 12.6. The Kier molecular flexibility index (Phi) is 6.20. The number of nitrogens with one attached hydrogen (secondary N) is 1. The summed E-state index contributed by atoms with van der Waals surface area (Å²) in [4.78, 5) is 17.2. The van der Waals surface area contributed by atoms with Gasteiger partial charge in [-0.15, -0.1) is 5.10 Å². The van der Waals surface area contributed by atoms with E-state index in [1.807, 2.05) is 55.5 Å². The number of esters is 1. The summed E-state index contributed by atoms with van der Waals surface area (Å²) in [5.41, 5.74) is 3.03. The number of methoxy groups -OCH3 is 2. The van der Waals surface area contributed by atoms with Gasteiger partial charge in [-0.2, -0.15) is 4.98 Å². The van der Waals surface area contributed by atoms with Gasteiger partial charge in [0.1, 0.15) is 11.8 Å². The van der Waals surface area contributed by atoms with E-state index in [1.165, 1.54) is 18.9 Å². The predicted molar refractivity (Wildman–Crippen MR) is 121 cm³/mol. The molecule has 0 saturated heterocycles. The summed E-state index contributed by atoms with van der Waals surface area (Å²) in [6.45, 7) is 1.83. The number of fused-ring (bicyclic) bond motifs is 1. The molecule has 4 rings (SSSR count). The Morgan fingerprint density at radius 3 is 2.61 bits per heavy atom. The number of aromatic nitrogens is 3. The third kappa shape index (κ3) is 4.26. The van der Waals surface area contributed by atoms with Crippen LogP contribution in [0.5, 0.6) is 5.75 Å². The minimum absolute atomic E-state index is 0.419. The number of halogens is 1. The standard InChI is InChI=1S/C22H21ClN4O3S/c1-13-18(20(28)30-3)19(14-8-10-16(29-2)11-9-14)27-21(24-13)25-22(26-27)31-12-15-6-4-5-7-17(15)23/h4-11,19H,12H2,1-3H3,(H,24,25,26). The van der Waals surface area contributed by atoms with E-state index in [9.17, 15) is 4.79 Å². The zero-order valence-electron chi connectivity index (χ0n) is 17.3. The second-order valence-corrected chi connectivity index (χ2v) is 8.22. The Hall–Kier alpha value is -2.97. The molecule has 0 aliphatic carbocycles. The molecule has 1 aliphatic heterocycles. The number of rotatable bonds is 6. The first kappa shape index (κ1) is 21.3. The second kappa shape index (κ2) is 9.03. The maximum absolute atomic E-state index is 12.6. The fourth-order valence-corrected chi connectivity index (χ4v) is 4.53. The summed E-state index contributed by atoms with van der Waals surface area (Å²) in [5, 5.41) is 9.16. The molecule has 1 aliphatic rings. The van der Waals surface area contributed by atoms with Gasteiger partial charge in [0, 0.05) is 16.5 Å². The van der Waals surface area contributed by atoms with E-state index in [0.29, 0.717) is 33.2 Å². The minimum Gasteiger partial charge on any atom is -0.497 e. The van der Waals surface area contributed by atoms with Crippen LogP contribution in [0.25, 0.3) is 0 Å². The van der Waals surface area contributed by atoms with Gasteiger partial charge in [-0.3, -0.25) is 0 Å². The molecule has 0 amide bonds. The molecule has 31 heavy (non-hydrogen) atoms. The lowest BCUT2D eigenvalue weighted by Gasteiger charge is -2.27. The highest BCUT2D eigenvalue weighted by Gasteiger charge is 2.35. The van der Waals surface area contributed by atoms with Gasteiger partial charge in [0.05, 0.1) is 19.8 Å². The number of benzene rings is 2. The normalized spacial score (nSPS) is 15.3. The van der Waals surface area contributed by atoms with E-state index in [2.05, 4.69) is 15.4 Å². The lowest BCUT2D eigenvalue weighted by Crippen LogP contribution is -2.29. The number of carbonyl (C=O) groups is 1. The van der Waals surface area contributed by atoms with E-state index in [4.69, 9.17) is 21.1 Å². The lowest BCUT2D eigenvalue weighted by atomic mass is 9.96. The fraction of sp³-hybridized carbons (Fsp3) is 0.227. The zero-order chi connectivity index (χ0) is 22.0. The summed E-state index contributed by atoms with van der Waals surface area (Å²) in [6, 6.07) is 14.7. The Balaban J connectivity index is 1.70. The molecule has 0 saturated carbocycles. The number of hydrogen-bond donors (Lipinski definition) is 1. The number of thioether (sulfide) groups is 1. The SMILES string of the molecule is COC(=O)C1=C(C)Nc2nc(SCc3ccccc3Cl)nn2C1c1ccc(OC)cc1. The predicted octanol–water partition coefficient (Wildman–Crippen LogP) is 4.69. The van der Waals surface area contributed by atoms with Crippen LogP contribution < -0.4 is 10.1 Å². The number of ether oxygens (including phenoxy) is 2. The zero-order valence-corrected chi connectivity index (χ0v) is 18.8. The molecular weight excluding hydrogens is 436 g/mol. The van der Waals surface area contributed by atoms with Crippen LogP contribution in [0.1, 0.15) is 24.1 Å². The van der Waals surface area contributed by atoms with E-state index in [-0.39, 0.29) is 0 Å². The third-order valence-corrected chi connectivity index (χ3v) is 6.24. The highest BCUT2D eigenvalue weighted by Crippen LogP contribution is 2.37. The highest BCUT2D eigenvalue weighted by atomic mass is 35.5. The van der Waals surface area contributed by atoms with E-state index in [1.54, 1.807) is 11.8 Å². The van der Waals surface area contributed by atoms with Crippen molar-refractivity contribution in [1.82, 2.24) is 14.8 Å². The van der Waals surface area contributed by atoms with E-state index < -0.39 is 12.0 Å². The van der Waals surface area contributed by atoms with Crippen LogP contribution in [0, 0.1) is 0 Å². The maximum Gasteiger partial charge on any atom is 0.338 e. The van der Waals surface area contributed by atoms with Crippen LogP contribution in [0.15, 0.2) is 65.0 Å². The summed E-state index contributed by atoms with van der Waals surface area (Å²) in [6.07, 6.45) is 0. The number of carbonyl (C=O) groups excluding carboxylic acids is 1. The molecule has 3 aromatic rings. The topological polar surface area (TPSA) is 78.3 Å². The first-order valence-electron chi connectivity index (χ1n) is 9.54.